The molecule has 1 amide bonds. The third kappa shape index (κ3) is 4.97. The van der Waals surface area contributed by atoms with E-state index in [1.165, 1.54) is 0 Å². The molecule has 1 saturated carbocycles. The van der Waals surface area contributed by atoms with Gasteiger partial charge in [-0.2, -0.15) is 0 Å². The summed E-state index contributed by atoms with van der Waals surface area (Å²) in [6.45, 7) is 7.28. The van der Waals surface area contributed by atoms with Crippen LogP contribution in [0.15, 0.2) is 24.3 Å². The third-order valence-electron chi connectivity index (χ3n) is 5.37. The Hall–Kier alpha value is -1.55. The van der Waals surface area contributed by atoms with Crippen LogP contribution in [0.2, 0.25) is 0 Å². The zero-order valence-electron chi connectivity index (χ0n) is 15.6. The minimum atomic E-state index is 0.155. The molecule has 0 N–H and O–H groups in total. The van der Waals surface area contributed by atoms with Gasteiger partial charge in [-0.1, -0.05) is 26.0 Å². The van der Waals surface area contributed by atoms with Gasteiger partial charge in [0.2, 0.25) is 5.91 Å². The van der Waals surface area contributed by atoms with E-state index in [1.807, 2.05) is 12.1 Å². The van der Waals surface area contributed by atoms with E-state index < -0.39 is 0 Å². The minimum Gasteiger partial charge on any atom is -0.493 e. The van der Waals surface area contributed by atoms with Crippen molar-refractivity contribution in [2.24, 2.45) is 11.8 Å². The Balaban J connectivity index is 1.61. The van der Waals surface area contributed by atoms with Crippen molar-refractivity contribution in [2.75, 3.05) is 19.8 Å². The molecule has 3 rings (SSSR count). The number of ether oxygens (including phenoxy) is 2. The smallest absolute Gasteiger partial charge is 0.226 e. The van der Waals surface area contributed by atoms with Gasteiger partial charge in [0.25, 0.3) is 0 Å². The van der Waals surface area contributed by atoms with Crippen LogP contribution in [0.3, 0.4) is 0 Å². The van der Waals surface area contributed by atoms with E-state index in [1.54, 1.807) is 0 Å². The first-order valence-electron chi connectivity index (χ1n) is 9.81. The first kappa shape index (κ1) is 18.2. The summed E-state index contributed by atoms with van der Waals surface area (Å²) in [7, 11) is 0. The number of hydrogen-bond acceptors (Lipinski definition) is 3. The van der Waals surface area contributed by atoms with Crippen molar-refractivity contribution in [3.63, 3.8) is 0 Å². The molecule has 1 aromatic rings. The summed E-state index contributed by atoms with van der Waals surface area (Å²) in [5, 5.41) is 0. The zero-order valence-corrected chi connectivity index (χ0v) is 15.6. The molecule has 0 spiro atoms. The summed E-state index contributed by atoms with van der Waals surface area (Å²) in [5.41, 5.74) is 1.16. The van der Waals surface area contributed by atoms with E-state index >= 15 is 0 Å². The summed E-state index contributed by atoms with van der Waals surface area (Å²) in [6.07, 6.45) is 5.21. The molecular weight excluding hydrogens is 314 g/mol. The summed E-state index contributed by atoms with van der Waals surface area (Å²) in [4.78, 5) is 15.0. The van der Waals surface area contributed by atoms with E-state index in [4.69, 9.17) is 9.47 Å². The number of amides is 1. The van der Waals surface area contributed by atoms with Gasteiger partial charge in [-0.25, -0.2) is 0 Å². The van der Waals surface area contributed by atoms with Gasteiger partial charge in [-0.05, 0) is 49.8 Å². The van der Waals surface area contributed by atoms with Gasteiger partial charge in [0.15, 0.2) is 0 Å². The van der Waals surface area contributed by atoms with Crippen LogP contribution >= 0.6 is 0 Å². The number of carbonyl (C=O) groups excluding carboxylic acids is 1. The molecule has 1 unspecified atom stereocenters. The van der Waals surface area contributed by atoms with Gasteiger partial charge < -0.3 is 14.4 Å². The first-order chi connectivity index (χ1) is 12.2. The maximum atomic E-state index is 12.9. The van der Waals surface area contributed by atoms with Crippen LogP contribution in [0.4, 0.5) is 0 Å². The van der Waals surface area contributed by atoms with E-state index in [9.17, 15) is 4.79 Å². The zero-order chi connectivity index (χ0) is 17.6. The van der Waals surface area contributed by atoms with Crippen molar-refractivity contribution >= 4 is 5.91 Å². The minimum absolute atomic E-state index is 0.155. The molecule has 1 aliphatic heterocycles. The Kier molecular flexibility index (Phi) is 6.35. The molecule has 138 valence electrons. The standard InChI is InChI=1S/C21H31NO3/c1-3-18(4-2)21(23)22(19-8-9-19)13-16-6-5-7-20(12-16)25-15-17-10-11-24-14-17/h5-7,12,17-19H,3-4,8-11,13-15H2,1-2H3. The van der Waals surface area contributed by atoms with Gasteiger partial charge in [-0.3, -0.25) is 4.79 Å². The molecule has 1 aliphatic carbocycles. The fourth-order valence-electron chi connectivity index (χ4n) is 3.50. The Morgan fingerprint density at radius 3 is 2.72 bits per heavy atom. The molecule has 0 radical (unpaired) electrons. The molecule has 1 heterocycles. The lowest BCUT2D eigenvalue weighted by molar-refractivity contribution is -0.137. The number of benzene rings is 1. The molecule has 0 bridgehead atoms. The van der Waals surface area contributed by atoms with Crippen LogP contribution in [-0.4, -0.2) is 36.7 Å². The van der Waals surface area contributed by atoms with Crippen molar-refractivity contribution in [3.05, 3.63) is 29.8 Å². The topological polar surface area (TPSA) is 38.8 Å². The quantitative estimate of drug-likeness (QED) is 0.678. The molecule has 1 aromatic carbocycles. The van der Waals surface area contributed by atoms with Gasteiger partial charge in [-0.15, -0.1) is 0 Å². The molecule has 0 aromatic heterocycles. The monoisotopic (exact) mass is 345 g/mol. The number of hydrogen-bond donors (Lipinski definition) is 0. The summed E-state index contributed by atoms with van der Waals surface area (Å²) in [6, 6.07) is 8.66. The lowest BCUT2D eigenvalue weighted by Gasteiger charge is -2.27. The Bertz CT molecular complexity index is 560. The maximum Gasteiger partial charge on any atom is 0.226 e. The van der Waals surface area contributed by atoms with Gasteiger partial charge >= 0.3 is 0 Å². The highest BCUT2D eigenvalue weighted by molar-refractivity contribution is 5.79. The lowest BCUT2D eigenvalue weighted by atomic mass is 10.0. The molecule has 2 fully saturated rings. The first-order valence-corrected chi connectivity index (χ1v) is 9.81. The van der Waals surface area contributed by atoms with E-state index in [2.05, 4.69) is 30.9 Å². The Morgan fingerprint density at radius 2 is 2.08 bits per heavy atom. The number of nitrogens with zero attached hydrogens (tertiary/aromatic N) is 1. The summed E-state index contributed by atoms with van der Waals surface area (Å²) >= 11 is 0. The van der Waals surface area contributed by atoms with Crippen molar-refractivity contribution in [1.82, 2.24) is 4.90 Å². The molecule has 4 nitrogen and oxygen atoms in total. The van der Waals surface area contributed by atoms with Gasteiger partial charge in [0, 0.05) is 31.0 Å². The maximum absolute atomic E-state index is 12.9. The number of carbonyl (C=O) groups is 1. The predicted octanol–water partition coefficient (Wildman–Crippen LogP) is 4.03. The van der Waals surface area contributed by atoms with Crippen LogP contribution < -0.4 is 4.74 Å². The van der Waals surface area contributed by atoms with Crippen LogP contribution in [0, 0.1) is 11.8 Å². The van der Waals surface area contributed by atoms with Crippen molar-refractivity contribution in [3.8, 4) is 5.75 Å². The highest BCUT2D eigenvalue weighted by Gasteiger charge is 2.34. The fourth-order valence-corrected chi connectivity index (χ4v) is 3.50. The highest BCUT2D eigenvalue weighted by Crippen LogP contribution is 2.31. The second-order valence-corrected chi connectivity index (χ2v) is 7.40. The third-order valence-corrected chi connectivity index (χ3v) is 5.37. The normalized spacial score (nSPS) is 20.0. The second kappa shape index (κ2) is 8.70. The summed E-state index contributed by atoms with van der Waals surface area (Å²) in [5.74, 6) is 1.88. The highest BCUT2D eigenvalue weighted by atomic mass is 16.5. The largest absolute Gasteiger partial charge is 0.493 e. The van der Waals surface area contributed by atoms with Crippen LogP contribution in [0.5, 0.6) is 5.75 Å². The van der Waals surface area contributed by atoms with E-state index in [0.29, 0.717) is 31.0 Å². The molecule has 4 heteroatoms. The second-order valence-electron chi connectivity index (χ2n) is 7.40. The van der Waals surface area contributed by atoms with Crippen molar-refractivity contribution < 1.29 is 14.3 Å². The van der Waals surface area contributed by atoms with Crippen molar-refractivity contribution in [2.45, 2.75) is 58.5 Å². The average molecular weight is 345 g/mol. The molecule has 25 heavy (non-hydrogen) atoms. The van der Waals surface area contributed by atoms with Gasteiger partial charge in [0.05, 0.1) is 13.2 Å². The van der Waals surface area contributed by atoms with Crippen LogP contribution in [-0.2, 0) is 16.1 Å². The number of rotatable bonds is 9. The predicted molar refractivity (Wildman–Crippen MR) is 98.5 cm³/mol. The Morgan fingerprint density at radius 1 is 1.28 bits per heavy atom. The molecule has 1 saturated heterocycles. The Labute approximate surface area is 151 Å². The molecular formula is C21H31NO3. The van der Waals surface area contributed by atoms with E-state index in [0.717, 1.165) is 56.6 Å². The lowest BCUT2D eigenvalue weighted by Crippen LogP contribution is -2.37. The van der Waals surface area contributed by atoms with Gasteiger partial charge in [0.1, 0.15) is 5.75 Å². The van der Waals surface area contributed by atoms with Crippen LogP contribution in [0.1, 0.15) is 51.5 Å². The summed E-state index contributed by atoms with van der Waals surface area (Å²) < 4.78 is 11.4. The molecule has 2 aliphatic rings. The van der Waals surface area contributed by atoms with Crippen molar-refractivity contribution in [1.29, 1.82) is 0 Å². The SMILES string of the molecule is CCC(CC)C(=O)N(Cc1cccc(OCC2CCOC2)c1)C1CC1. The average Bonchev–Trinajstić information content (AvgIpc) is 3.34. The fraction of sp³-hybridized carbons (Fsp3) is 0.667. The van der Waals surface area contributed by atoms with E-state index in [-0.39, 0.29) is 5.92 Å². The van der Waals surface area contributed by atoms with Crippen LogP contribution in [0.25, 0.3) is 0 Å². The molecule has 1 atom stereocenters.